The summed E-state index contributed by atoms with van der Waals surface area (Å²) < 4.78 is 104. The quantitative estimate of drug-likeness (QED) is 0.346. The maximum atomic E-state index is 14.4. The van der Waals surface area contributed by atoms with Crippen LogP contribution in [0.1, 0.15) is 16.7 Å². The van der Waals surface area contributed by atoms with E-state index in [4.69, 9.17) is 8.92 Å². The highest BCUT2D eigenvalue weighted by Gasteiger charge is 2.36. The van der Waals surface area contributed by atoms with Crippen LogP contribution in [0, 0.1) is 18.6 Å². The van der Waals surface area contributed by atoms with Crippen LogP contribution >= 0.6 is 0 Å². The Labute approximate surface area is 186 Å². The molecular weight excluding hydrogens is 467 g/mol. The van der Waals surface area contributed by atoms with Gasteiger partial charge in [-0.1, -0.05) is 29.8 Å². The smallest absolute Gasteiger partial charge is 0.416 e. The summed E-state index contributed by atoms with van der Waals surface area (Å²) in [6.07, 6.45) is -5.79. The lowest BCUT2D eigenvalue weighted by atomic mass is 9.96. The minimum atomic E-state index is -4.74. The second kappa shape index (κ2) is 8.42. The van der Waals surface area contributed by atoms with Crippen LogP contribution < -0.4 is 4.74 Å². The summed E-state index contributed by atoms with van der Waals surface area (Å²) >= 11 is 0. The van der Waals surface area contributed by atoms with E-state index in [2.05, 4.69) is 0 Å². The molecule has 0 fully saturated rings. The average molecular weight is 484 g/mol. The summed E-state index contributed by atoms with van der Waals surface area (Å²) in [5, 5.41) is 0. The maximum absolute atomic E-state index is 14.4. The van der Waals surface area contributed by atoms with Crippen molar-refractivity contribution in [2.75, 3.05) is 6.61 Å². The Morgan fingerprint density at radius 1 is 1.03 bits per heavy atom. The summed E-state index contributed by atoms with van der Waals surface area (Å²) in [6.45, 7) is 1.31. The molecule has 0 saturated heterocycles. The van der Waals surface area contributed by atoms with Crippen LogP contribution in [-0.4, -0.2) is 21.1 Å². The maximum Gasteiger partial charge on any atom is 0.416 e. The fourth-order valence-electron chi connectivity index (χ4n) is 3.54. The molecule has 10 heteroatoms. The van der Waals surface area contributed by atoms with Crippen LogP contribution in [0.4, 0.5) is 22.0 Å². The molecule has 0 bridgehead atoms. The van der Waals surface area contributed by atoms with Gasteiger partial charge in [-0.05, 0) is 42.8 Å². The molecule has 1 atom stereocenters. The topological polar surface area (TPSA) is 52.6 Å². The second-order valence-corrected chi connectivity index (χ2v) is 9.22. The Balaban J connectivity index is 1.64. The minimum absolute atomic E-state index is 0.0752. The van der Waals surface area contributed by atoms with Crippen LogP contribution in [0.25, 0.3) is 11.1 Å². The number of aryl methyl sites for hydroxylation is 1. The average Bonchev–Trinajstić information content (AvgIpc) is 3.17. The van der Waals surface area contributed by atoms with Crippen molar-refractivity contribution >= 4 is 10.1 Å². The van der Waals surface area contributed by atoms with E-state index in [0.717, 1.165) is 23.8 Å². The summed E-state index contributed by atoms with van der Waals surface area (Å²) in [5.41, 5.74) is -0.796. The lowest BCUT2D eigenvalue weighted by molar-refractivity contribution is -0.137. The number of halogens is 5. The third-order valence-corrected chi connectivity index (χ3v) is 6.48. The van der Waals surface area contributed by atoms with E-state index in [9.17, 15) is 30.4 Å². The number of fused-ring (bicyclic) bond motifs is 1. The fraction of sp³-hybridized carbons (Fsp3) is 0.217. The number of hydrogen-bond donors (Lipinski definition) is 0. The largest absolute Gasteiger partial charge is 0.487 e. The molecular formula is C23H17F5O4S. The highest BCUT2D eigenvalue weighted by molar-refractivity contribution is 7.86. The van der Waals surface area contributed by atoms with Gasteiger partial charge in [0, 0.05) is 17.5 Å². The van der Waals surface area contributed by atoms with Gasteiger partial charge in [0.15, 0.2) is 11.6 Å². The Kier molecular flexibility index (Phi) is 5.92. The zero-order chi connectivity index (χ0) is 24.0. The summed E-state index contributed by atoms with van der Waals surface area (Å²) in [7, 11) is -4.13. The zero-order valence-corrected chi connectivity index (χ0v) is 17.9. The van der Waals surface area contributed by atoms with Gasteiger partial charge in [-0.2, -0.15) is 21.6 Å². The molecule has 4 rings (SSSR count). The van der Waals surface area contributed by atoms with Gasteiger partial charge in [0.1, 0.15) is 18.5 Å². The monoisotopic (exact) mass is 484 g/mol. The summed E-state index contributed by atoms with van der Waals surface area (Å²) in [4.78, 5) is -0.0783. The third kappa shape index (κ3) is 4.72. The molecule has 0 aromatic heterocycles. The van der Waals surface area contributed by atoms with E-state index in [1.807, 2.05) is 0 Å². The molecule has 1 heterocycles. The first-order chi connectivity index (χ1) is 15.5. The van der Waals surface area contributed by atoms with E-state index in [1.54, 1.807) is 19.1 Å². The van der Waals surface area contributed by atoms with Crippen molar-refractivity contribution in [1.82, 2.24) is 0 Å². The predicted molar refractivity (Wildman–Crippen MR) is 109 cm³/mol. The van der Waals surface area contributed by atoms with Crippen LogP contribution in [0.3, 0.4) is 0 Å². The van der Waals surface area contributed by atoms with Gasteiger partial charge in [-0.3, -0.25) is 4.18 Å². The highest BCUT2D eigenvalue weighted by atomic mass is 32.2. The van der Waals surface area contributed by atoms with Gasteiger partial charge in [0.05, 0.1) is 10.5 Å². The molecule has 0 spiro atoms. The molecule has 1 aliphatic rings. The first kappa shape index (κ1) is 23.2. The normalized spacial score (nSPS) is 15.9. The molecule has 0 N–H and O–H groups in total. The molecule has 174 valence electrons. The van der Waals surface area contributed by atoms with Crippen LogP contribution in [0.2, 0.25) is 0 Å². The van der Waals surface area contributed by atoms with Crippen molar-refractivity contribution < 1.29 is 39.3 Å². The van der Waals surface area contributed by atoms with Gasteiger partial charge >= 0.3 is 6.18 Å². The van der Waals surface area contributed by atoms with E-state index >= 15 is 0 Å². The van der Waals surface area contributed by atoms with Gasteiger partial charge < -0.3 is 4.74 Å². The van der Waals surface area contributed by atoms with Crippen LogP contribution in [0.15, 0.2) is 59.5 Å². The number of rotatable bonds is 5. The van der Waals surface area contributed by atoms with E-state index in [0.29, 0.717) is 6.07 Å². The highest BCUT2D eigenvalue weighted by Crippen LogP contribution is 2.44. The van der Waals surface area contributed by atoms with Gasteiger partial charge in [0.25, 0.3) is 10.1 Å². The van der Waals surface area contributed by atoms with Gasteiger partial charge in [0.2, 0.25) is 0 Å². The zero-order valence-electron chi connectivity index (χ0n) is 17.1. The number of hydrogen-bond acceptors (Lipinski definition) is 4. The first-order valence-corrected chi connectivity index (χ1v) is 11.2. The van der Waals surface area contributed by atoms with Crippen molar-refractivity contribution in [3.05, 3.63) is 82.9 Å². The minimum Gasteiger partial charge on any atom is -0.487 e. The summed E-state index contributed by atoms with van der Waals surface area (Å²) in [5.74, 6) is -2.61. The van der Waals surface area contributed by atoms with E-state index < -0.39 is 51.8 Å². The predicted octanol–water partition coefficient (Wildman–Crippen LogP) is 5.67. The Bertz CT molecular complexity index is 1300. The standard InChI is InChI=1S/C23H17F5O4S/c1-13-5-7-17(8-6-13)33(29,30)31-12-16-10-14-9-15(23(26,27)28)11-19(22(14)32-16)18-3-2-4-20(24)21(18)25/h2-9,11,16H,10,12H2,1H3. The van der Waals surface area contributed by atoms with Crippen LogP contribution in [-0.2, 0) is 26.9 Å². The van der Waals surface area contributed by atoms with Gasteiger partial charge in [-0.25, -0.2) is 8.78 Å². The number of alkyl halides is 3. The molecule has 0 radical (unpaired) electrons. The lowest BCUT2D eigenvalue weighted by Crippen LogP contribution is -2.23. The number of ether oxygens (including phenoxy) is 1. The van der Waals surface area contributed by atoms with Crippen molar-refractivity contribution in [2.24, 2.45) is 0 Å². The molecule has 1 unspecified atom stereocenters. The Morgan fingerprint density at radius 2 is 1.73 bits per heavy atom. The number of benzene rings is 3. The Hall–Kier alpha value is -2.98. The second-order valence-electron chi connectivity index (χ2n) is 7.61. The van der Waals surface area contributed by atoms with Crippen molar-refractivity contribution in [2.45, 2.75) is 30.5 Å². The molecule has 33 heavy (non-hydrogen) atoms. The molecule has 4 nitrogen and oxygen atoms in total. The molecule has 0 saturated carbocycles. The fourth-order valence-corrected chi connectivity index (χ4v) is 4.48. The first-order valence-electron chi connectivity index (χ1n) is 9.77. The van der Waals surface area contributed by atoms with Gasteiger partial charge in [-0.15, -0.1) is 0 Å². The van der Waals surface area contributed by atoms with E-state index in [1.165, 1.54) is 18.2 Å². The van der Waals surface area contributed by atoms with Crippen molar-refractivity contribution in [1.29, 1.82) is 0 Å². The molecule has 0 amide bonds. The molecule has 3 aromatic carbocycles. The molecule has 0 aliphatic carbocycles. The van der Waals surface area contributed by atoms with Crippen molar-refractivity contribution in [3.63, 3.8) is 0 Å². The lowest BCUT2D eigenvalue weighted by Gasteiger charge is -2.15. The SMILES string of the molecule is Cc1ccc(S(=O)(=O)OCC2Cc3cc(C(F)(F)F)cc(-c4cccc(F)c4F)c3O2)cc1. The summed E-state index contributed by atoms with van der Waals surface area (Å²) in [6, 6.07) is 10.6. The van der Waals surface area contributed by atoms with Crippen LogP contribution in [0.5, 0.6) is 5.75 Å². The molecule has 3 aromatic rings. The third-order valence-electron chi connectivity index (χ3n) is 5.19. The van der Waals surface area contributed by atoms with E-state index in [-0.39, 0.29) is 28.2 Å². The Morgan fingerprint density at radius 3 is 2.39 bits per heavy atom. The molecule has 1 aliphatic heterocycles. The van der Waals surface area contributed by atoms with Crippen molar-refractivity contribution in [3.8, 4) is 16.9 Å².